The molecule has 5 N–H and O–H groups in total. The quantitative estimate of drug-likeness (QED) is 0.293. The molecule has 0 saturated heterocycles. The van der Waals surface area contributed by atoms with Crippen molar-refractivity contribution in [2.75, 3.05) is 7.11 Å². The minimum Gasteiger partial charge on any atom is -0.400 e. The van der Waals surface area contributed by atoms with Crippen molar-refractivity contribution in [2.45, 2.75) is 37.3 Å². The van der Waals surface area contributed by atoms with E-state index >= 15 is 0 Å². The summed E-state index contributed by atoms with van der Waals surface area (Å²) < 4.78 is 0. The van der Waals surface area contributed by atoms with Gasteiger partial charge in [-0.05, 0) is 12.8 Å². The fraction of sp³-hybridized carbons (Fsp3) is 1.00. The van der Waals surface area contributed by atoms with Crippen LogP contribution >= 0.6 is 0 Å². The topological polar surface area (TPSA) is 101 Å². The van der Waals surface area contributed by atoms with Crippen LogP contribution in [0.1, 0.15) is 25.7 Å². The molecule has 0 aromatic heterocycles. The Kier molecular flexibility index (Phi) is 4.09. The normalized spacial score (nSPS) is 25.5. The van der Waals surface area contributed by atoms with Crippen molar-refractivity contribution in [3.05, 3.63) is 0 Å². The fourth-order valence-electron chi connectivity index (χ4n) is 1.14. The molecule has 0 aromatic carbocycles. The van der Waals surface area contributed by atoms with Crippen LogP contribution in [0.15, 0.2) is 0 Å². The molecule has 1 saturated carbocycles. The van der Waals surface area contributed by atoms with Gasteiger partial charge in [0.05, 0.1) is 0 Å². The highest BCUT2D eigenvalue weighted by Crippen LogP contribution is 2.32. The molecule has 0 unspecified atom stereocenters. The molecule has 0 spiro atoms. The Bertz CT molecular complexity index is 116. The maximum atomic E-state index is 8.96. The van der Waals surface area contributed by atoms with Gasteiger partial charge in [0.2, 0.25) is 11.6 Å². The Morgan fingerprint density at radius 3 is 1.17 bits per heavy atom. The van der Waals surface area contributed by atoms with E-state index < -0.39 is 11.6 Å². The van der Waals surface area contributed by atoms with E-state index in [4.69, 9.17) is 25.5 Å². The largest absolute Gasteiger partial charge is 0.400 e. The molecule has 0 atom stereocenters. The Balaban J connectivity index is 0.000000561. The second-order valence-electron chi connectivity index (χ2n) is 2.84. The Morgan fingerprint density at radius 1 is 0.750 bits per heavy atom. The van der Waals surface area contributed by atoms with Crippen molar-refractivity contribution in [2.24, 2.45) is 0 Å². The molecule has 1 fully saturated rings. The number of hydrogen-bond acceptors (Lipinski definition) is 5. The molecule has 1 rings (SSSR count). The van der Waals surface area contributed by atoms with E-state index in [2.05, 4.69) is 0 Å². The molecule has 0 aromatic rings. The van der Waals surface area contributed by atoms with Crippen LogP contribution in [-0.4, -0.2) is 44.2 Å². The van der Waals surface area contributed by atoms with Crippen LogP contribution in [0.4, 0.5) is 0 Å². The third-order valence-corrected chi connectivity index (χ3v) is 1.94. The molecule has 12 heavy (non-hydrogen) atoms. The second-order valence-corrected chi connectivity index (χ2v) is 2.84. The monoisotopic (exact) mass is 180 g/mol. The Morgan fingerprint density at radius 2 is 1.00 bits per heavy atom. The average Bonchev–Trinajstić information content (AvgIpc) is 2.00. The molecule has 74 valence electrons. The van der Waals surface area contributed by atoms with Gasteiger partial charge in [-0.3, -0.25) is 0 Å². The summed E-state index contributed by atoms with van der Waals surface area (Å²) in [4.78, 5) is 0. The summed E-state index contributed by atoms with van der Waals surface area (Å²) in [5, 5.41) is 42.8. The first kappa shape index (κ1) is 11.8. The first-order chi connectivity index (χ1) is 5.46. The van der Waals surface area contributed by atoms with Crippen LogP contribution < -0.4 is 0 Å². The molecule has 0 heterocycles. The van der Waals surface area contributed by atoms with Crippen molar-refractivity contribution in [3.8, 4) is 0 Å². The molecule has 0 amide bonds. The van der Waals surface area contributed by atoms with Crippen LogP contribution in [0.5, 0.6) is 0 Å². The van der Waals surface area contributed by atoms with E-state index in [9.17, 15) is 0 Å². The zero-order valence-electron chi connectivity index (χ0n) is 7.06. The molecule has 0 aliphatic heterocycles. The first-order valence-corrected chi connectivity index (χ1v) is 3.80. The third-order valence-electron chi connectivity index (χ3n) is 1.94. The summed E-state index contributed by atoms with van der Waals surface area (Å²) in [6.07, 6.45) is 1.30. The molecule has 5 nitrogen and oxygen atoms in total. The lowest BCUT2D eigenvalue weighted by Crippen LogP contribution is -2.56. The van der Waals surface area contributed by atoms with Crippen molar-refractivity contribution >= 4 is 0 Å². The van der Waals surface area contributed by atoms with Crippen LogP contribution in [0.3, 0.4) is 0 Å². The first-order valence-electron chi connectivity index (χ1n) is 3.80. The zero-order valence-corrected chi connectivity index (χ0v) is 7.06. The van der Waals surface area contributed by atoms with Gasteiger partial charge in [0.15, 0.2) is 0 Å². The van der Waals surface area contributed by atoms with E-state index in [1.54, 1.807) is 0 Å². The van der Waals surface area contributed by atoms with Crippen molar-refractivity contribution in [3.63, 3.8) is 0 Å². The van der Waals surface area contributed by atoms with E-state index in [0.29, 0.717) is 12.8 Å². The van der Waals surface area contributed by atoms with Crippen molar-refractivity contribution in [1.29, 1.82) is 0 Å². The number of aliphatic hydroxyl groups is 5. The molecule has 5 heteroatoms. The second kappa shape index (κ2) is 4.15. The molecule has 1 aliphatic rings. The van der Waals surface area contributed by atoms with Crippen LogP contribution in [0.25, 0.3) is 0 Å². The standard InChI is InChI=1S/C6H12O4.CH4O/c7-5(8)3-1-2-4-6(5,9)10;1-2/h7-10H,1-4H2;2H,1H3. The average molecular weight is 180 g/mol. The minimum atomic E-state index is -2.31. The van der Waals surface area contributed by atoms with Crippen LogP contribution in [-0.2, 0) is 0 Å². The summed E-state index contributed by atoms with van der Waals surface area (Å²) in [6, 6.07) is 0. The van der Waals surface area contributed by atoms with Crippen molar-refractivity contribution in [1.82, 2.24) is 0 Å². The van der Waals surface area contributed by atoms with Crippen LogP contribution in [0, 0.1) is 0 Å². The minimum absolute atomic E-state index is 0.0278. The predicted octanol–water partition coefficient (Wildman–Crippen LogP) is -1.47. The van der Waals surface area contributed by atoms with Gasteiger partial charge < -0.3 is 25.5 Å². The van der Waals surface area contributed by atoms with Gasteiger partial charge in [-0.1, -0.05) is 0 Å². The maximum absolute atomic E-state index is 8.96. The molecule has 0 bridgehead atoms. The predicted molar refractivity (Wildman–Crippen MR) is 40.9 cm³/mol. The summed E-state index contributed by atoms with van der Waals surface area (Å²) >= 11 is 0. The van der Waals surface area contributed by atoms with Crippen molar-refractivity contribution < 1.29 is 25.5 Å². The van der Waals surface area contributed by atoms with Gasteiger partial charge in [-0.15, -0.1) is 0 Å². The van der Waals surface area contributed by atoms with E-state index in [0.717, 1.165) is 7.11 Å². The summed E-state index contributed by atoms with van der Waals surface area (Å²) in [7, 11) is 1.00. The number of hydrogen-bond donors (Lipinski definition) is 5. The van der Waals surface area contributed by atoms with Gasteiger partial charge >= 0.3 is 0 Å². The molecule has 0 radical (unpaired) electrons. The summed E-state index contributed by atoms with van der Waals surface area (Å²) in [6.45, 7) is 0. The summed E-state index contributed by atoms with van der Waals surface area (Å²) in [5.74, 6) is -4.63. The maximum Gasteiger partial charge on any atom is 0.218 e. The van der Waals surface area contributed by atoms with E-state index in [1.807, 2.05) is 0 Å². The van der Waals surface area contributed by atoms with Gasteiger partial charge in [0, 0.05) is 20.0 Å². The zero-order chi connectivity index (χ0) is 9.83. The Labute approximate surface area is 70.9 Å². The lowest BCUT2D eigenvalue weighted by Gasteiger charge is -2.38. The lowest BCUT2D eigenvalue weighted by molar-refractivity contribution is -0.370. The number of aliphatic hydroxyl groups excluding tert-OH is 1. The van der Waals surface area contributed by atoms with Gasteiger partial charge in [-0.25, -0.2) is 0 Å². The lowest BCUT2D eigenvalue weighted by atomic mass is 9.88. The fourth-order valence-corrected chi connectivity index (χ4v) is 1.14. The van der Waals surface area contributed by atoms with Gasteiger partial charge in [0.25, 0.3) is 0 Å². The number of rotatable bonds is 0. The molecular formula is C7H16O5. The molecule has 1 aliphatic carbocycles. The van der Waals surface area contributed by atoms with Gasteiger partial charge in [-0.2, -0.15) is 0 Å². The summed E-state index contributed by atoms with van der Waals surface area (Å²) in [5.41, 5.74) is 0. The smallest absolute Gasteiger partial charge is 0.218 e. The highest BCUT2D eigenvalue weighted by atomic mass is 16.6. The Hall–Kier alpha value is -0.200. The highest BCUT2D eigenvalue weighted by Gasteiger charge is 2.48. The highest BCUT2D eigenvalue weighted by molar-refractivity contribution is 4.85. The molecular weight excluding hydrogens is 164 g/mol. The van der Waals surface area contributed by atoms with E-state index in [-0.39, 0.29) is 12.8 Å². The van der Waals surface area contributed by atoms with E-state index in [1.165, 1.54) is 0 Å². The van der Waals surface area contributed by atoms with Gasteiger partial charge in [0.1, 0.15) is 0 Å². The van der Waals surface area contributed by atoms with Crippen LogP contribution in [0.2, 0.25) is 0 Å². The third kappa shape index (κ3) is 2.40. The SMILES string of the molecule is CO.OC1(O)CCCCC1(O)O.